The first kappa shape index (κ1) is 14.4. The summed E-state index contributed by atoms with van der Waals surface area (Å²) >= 11 is 0. The average molecular weight is 300 g/mol. The molecule has 0 bridgehead atoms. The summed E-state index contributed by atoms with van der Waals surface area (Å²) in [4.78, 5) is 16.5. The molecule has 6 heteroatoms. The first-order valence-corrected chi connectivity index (χ1v) is 7.34. The number of carbonyl (C=O) groups excluding carboxylic acids is 1. The van der Waals surface area contributed by atoms with Gasteiger partial charge in [-0.3, -0.25) is 9.48 Å². The minimum atomic E-state index is 0.0541. The molecule has 1 fully saturated rings. The van der Waals surface area contributed by atoms with E-state index in [1.54, 1.807) is 24.2 Å². The molecule has 0 aliphatic carbocycles. The molecular weight excluding hydrogens is 280 g/mol. The Bertz CT molecular complexity index is 660. The normalized spacial score (nSPS) is 15.0. The van der Waals surface area contributed by atoms with E-state index in [2.05, 4.69) is 16.1 Å². The van der Waals surface area contributed by atoms with Crippen LogP contribution in [-0.2, 0) is 7.05 Å². The van der Waals surface area contributed by atoms with Gasteiger partial charge in [0.1, 0.15) is 5.75 Å². The van der Waals surface area contributed by atoms with Crippen LogP contribution in [0.2, 0.25) is 0 Å². The SMILES string of the molecule is COc1cccc(N2CCN(C(=O)c3cnn(C)c3)CC2)c1. The molecule has 22 heavy (non-hydrogen) atoms. The van der Waals surface area contributed by atoms with Crippen molar-refractivity contribution < 1.29 is 9.53 Å². The highest BCUT2D eigenvalue weighted by Crippen LogP contribution is 2.22. The van der Waals surface area contributed by atoms with Crippen LogP contribution in [0.25, 0.3) is 0 Å². The standard InChI is InChI=1S/C16H20N4O2/c1-18-12-13(11-17-18)16(21)20-8-6-19(7-9-20)14-4-3-5-15(10-14)22-2/h3-5,10-12H,6-9H2,1-2H3. The van der Waals surface area contributed by atoms with Gasteiger partial charge in [0.25, 0.3) is 5.91 Å². The molecule has 6 nitrogen and oxygen atoms in total. The second-order valence-corrected chi connectivity index (χ2v) is 5.38. The summed E-state index contributed by atoms with van der Waals surface area (Å²) in [6, 6.07) is 8.02. The number of benzene rings is 1. The van der Waals surface area contributed by atoms with Gasteiger partial charge in [0, 0.05) is 51.2 Å². The Hall–Kier alpha value is -2.50. The molecule has 0 atom stereocenters. The van der Waals surface area contributed by atoms with Crippen LogP contribution in [0.15, 0.2) is 36.7 Å². The van der Waals surface area contributed by atoms with Crippen molar-refractivity contribution in [1.29, 1.82) is 0 Å². The molecule has 1 aromatic heterocycles. The number of hydrogen-bond donors (Lipinski definition) is 0. The van der Waals surface area contributed by atoms with E-state index in [9.17, 15) is 4.79 Å². The molecule has 1 aromatic carbocycles. The number of aromatic nitrogens is 2. The van der Waals surface area contributed by atoms with Crippen molar-refractivity contribution in [3.63, 3.8) is 0 Å². The lowest BCUT2D eigenvalue weighted by atomic mass is 10.2. The molecule has 1 amide bonds. The topological polar surface area (TPSA) is 50.6 Å². The van der Waals surface area contributed by atoms with E-state index in [1.807, 2.05) is 30.1 Å². The Morgan fingerprint density at radius 2 is 2.00 bits per heavy atom. The zero-order chi connectivity index (χ0) is 15.5. The third-order valence-electron chi connectivity index (χ3n) is 3.94. The molecule has 0 spiro atoms. The van der Waals surface area contributed by atoms with E-state index in [0.29, 0.717) is 18.7 Å². The fourth-order valence-electron chi connectivity index (χ4n) is 2.69. The minimum Gasteiger partial charge on any atom is -0.497 e. The Kier molecular flexibility index (Phi) is 4.00. The first-order valence-electron chi connectivity index (χ1n) is 7.34. The second-order valence-electron chi connectivity index (χ2n) is 5.38. The number of aryl methyl sites for hydroxylation is 1. The molecule has 0 saturated carbocycles. The van der Waals surface area contributed by atoms with Crippen LogP contribution >= 0.6 is 0 Å². The number of methoxy groups -OCH3 is 1. The molecule has 2 heterocycles. The zero-order valence-corrected chi connectivity index (χ0v) is 12.9. The van der Waals surface area contributed by atoms with Crippen molar-refractivity contribution in [2.75, 3.05) is 38.2 Å². The molecule has 116 valence electrons. The molecule has 0 unspecified atom stereocenters. The molecule has 3 rings (SSSR count). The van der Waals surface area contributed by atoms with Crippen LogP contribution in [-0.4, -0.2) is 53.9 Å². The zero-order valence-electron chi connectivity index (χ0n) is 12.9. The van der Waals surface area contributed by atoms with E-state index < -0.39 is 0 Å². The predicted octanol–water partition coefficient (Wildman–Crippen LogP) is 1.39. The molecule has 1 saturated heterocycles. The summed E-state index contributed by atoms with van der Waals surface area (Å²) in [5.74, 6) is 0.907. The Labute approximate surface area is 129 Å². The molecule has 2 aromatic rings. The van der Waals surface area contributed by atoms with E-state index in [1.165, 1.54) is 0 Å². The number of hydrogen-bond acceptors (Lipinski definition) is 4. The fraction of sp³-hybridized carbons (Fsp3) is 0.375. The summed E-state index contributed by atoms with van der Waals surface area (Å²) in [6.07, 6.45) is 3.38. The highest BCUT2D eigenvalue weighted by atomic mass is 16.5. The third kappa shape index (κ3) is 2.90. The monoisotopic (exact) mass is 300 g/mol. The van der Waals surface area contributed by atoms with E-state index in [4.69, 9.17) is 4.74 Å². The maximum absolute atomic E-state index is 12.4. The van der Waals surface area contributed by atoms with Crippen molar-refractivity contribution >= 4 is 11.6 Å². The molecule has 0 radical (unpaired) electrons. The summed E-state index contributed by atoms with van der Waals surface area (Å²) in [6.45, 7) is 3.06. The second kappa shape index (κ2) is 6.09. The van der Waals surface area contributed by atoms with Gasteiger partial charge in [0.2, 0.25) is 0 Å². The van der Waals surface area contributed by atoms with E-state index in [-0.39, 0.29) is 5.91 Å². The van der Waals surface area contributed by atoms with Crippen LogP contribution in [0.4, 0.5) is 5.69 Å². The summed E-state index contributed by atoms with van der Waals surface area (Å²) in [7, 11) is 3.49. The quantitative estimate of drug-likeness (QED) is 0.859. The Morgan fingerprint density at radius 1 is 1.23 bits per heavy atom. The molecule has 0 N–H and O–H groups in total. The van der Waals surface area contributed by atoms with Crippen molar-refractivity contribution in [3.8, 4) is 5.75 Å². The van der Waals surface area contributed by atoms with Crippen LogP contribution < -0.4 is 9.64 Å². The van der Waals surface area contributed by atoms with Crippen molar-refractivity contribution in [2.45, 2.75) is 0 Å². The summed E-state index contributed by atoms with van der Waals surface area (Å²) < 4.78 is 6.92. The van der Waals surface area contributed by atoms with Gasteiger partial charge in [0.05, 0.1) is 18.9 Å². The average Bonchev–Trinajstić information content (AvgIpc) is 3.01. The van der Waals surface area contributed by atoms with Gasteiger partial charge in [-0.1, -0.05) is 6.07 Å². The van der Waals surface area contributed by atoms with Gasteiger partial charge in [-0.15, -0.1) is 0 Å². The number of piperazine rings is 1. The number of nitrogens with zero attached hydrogens (tertiary/aromatic N) is 4. The minimum absolute atomic E-state index is 0.0541. The van der Waals surface area contributed by atoms with Crippen LogP contribution in [0, 0.1) is 0 Å². The van der Waals surface area contributed by atoms with Gasteiger partial charge in [-0.05, 0) is 12.1 Å². The fourth-order valence-corrected chi connectivity index (χ4v) is 2.69. The van der Waals surface area contributed by atoms with E-state index in [0.717, 1.165) is 24.5 Å². The van der Waals surface area contributed by atoms with Crippen molar-refractivity contribution in [1.82, 2.24) is 14.7 Å². The Morgan fingerprint density at radius 3 is 2.64 bits per heavy atom. The number of carbonyl (C=O) groups is 1. The van der Waals surface area contributed by atoms with Crippen LogP contribution in [0.1, 0.15) is 10.4 Å². The van der Waals surface area contributed by atoms with E-state index >= 15 is 0 Å². The lowest BCUT2D eigenvalue weighted by Gasteiger charge is -2.36. The van der Waals surface area contributed by atoms with Gasteiger partial charge >= 0.3 is 0 Å². The maximum Gasteiger partial charge on any atom is 0.257 e. The van der Waals surface area contributed by atoms with Crippen molar-refractivity contribution in [3.05, 3.63) is 42.2 Å². The largest absolute Gasteiger partial charge is 0.497 e. The van der Waals surface area contributed by atoms with Crippen molar-refractivity contribution in [2.24, 2.45) is 7.05 Å². The Balaban J connectivity index is 1.63. The highest BCUT2D eigenvalue weighted by Gasteiger charge is 2.23. The number of rotatable bonds is 3. The number of anilines is 1. The summed E-state index contributed by atoms with van der Waals surface area (Å²) in [5.41, 5.74) is 1.78. The van der Waals surface area contributed by atoms with Gasteiger partial charge in [-0.2, -0.15) is 5.10 Å². The van der Waals surface area contributed by atoms with Gasteiger partial charge in [0.15, 0.2) is 0 Å². The lowest BCUT2D eigenvalue weighted by molar-refractivity contribution is 0.0746. The molecule has 1 aliphatic heterocycles. The molecule has 1 aliphatic rings. The van der Waals surface area contributed by atoms with Crippen LogP contribution in [0.5, 0.6) is 5.75 Å². The first-order chi connectivity index (χ1) is 10.7. The molecular formula is C16H20N4O2. The third-order valence-corrected chi connectivity index (χ3v) is 3.94. The highest BCUT2D eigenvalue weighted by molar-refractivity contribution is 5.93. The smallest absolute Gasteiger partial charge is 0.257 e. The lowest BCUT2D eigenvalue weighted by Crippen LogP contribution is -2.48. The number of amides is 1. The maximum atomic E-state index is 12.4. The number of ether oxygens (including phenoxy) is 1. The summed E-state index contributed by atoms with van der Waals surface area (Å²) in [5, 5.41) is 4.06. The van der Waals surface area contributed by atoms with Gasteiger partial charge in [-0.25, -0.2) is 0 Å². The van der Waals surface area contributed by atoms with Gasteiger partial charge < -0.3 is 14.5 Å². The van der Waals surface area contributed by atoms with Crippen LogP contribution in [0.3, 0.4) is 0 Å². The predicted molar refractivity (Wildman–Crippen MR) is 84.3 cm³/mol.